The van der Waals surface area contributed by atoms with Crippen LogP contribution in [0.1, 0.15) is 10.4 Å². The van der Waals surface area contributed by atoms with Gasteiger partial charge in [-0.1, -0.05) is 24.3 Å². The smallest absolute Gasteiger partial charge is 0.343 e. The Morgan fingerprint density at radius 2 is 1.57 bits per heavy atom. The molecule has 0 N–H and O–H groups in total. The molecule has 114 valence electrons. The van der Waals surface area contributed by atoms with E-state index in [-0.39, 0.29) is 5.56 Å². The van der Waals surface area contributed by atoms with E-state index in [0.717, 1.165) is 12.1 Å². The van der Waals surface area contributed by atoms with Gasteiger partial charge in [0.1, 0.15) is 5.75 Å². The number of hydrogen-bond acceptors (Lipinski definition) is 2. The fourth-order valence-corrected chi connectivity index (χ4v) is 2.48. The van der Waals surface area contributed by atoms with Gasteiger partial charge in [-0.05, 0) is 24.3 Å². The van der Waals surface area contributed by atoms with Crippen LogP contribution in [0, 0.1) is 0 Å². The minimum atomic E-state index is -8.82. The Balaban J connectivity index is 2.30. The molecular weight excluding hydrogens is 332 g/mol. The van der Waals surface area contributed by atoms with Crippen molar-refractivity contribution in [3.63, 3.8) is 0 Å². The van der Waals surface area contributed by atoms with E-state index in [1.54, 1.807) is 18.2 Å². The predicted molar refractivity (Wildman–Crippen MR) is 74.0 cm³/mol. The van der Waals surface area contributed by atoms with E-state index < -0.39 is 25.7 Å². The molecule has 0 aliphatic rings. The van der Waals surface area contributed by atoms with Crippen LogP contribution in [0.2, 0.25) is 0 Å². The predicted octanol–water partition coefficient (Wildman–Crippen LogP) is 5.83. The molecule has 8 heteroatoms. The number of rotatable bonds is 3. The number of benzene rings is 2. The van der Waals surface area contributed by atoms with Crippen LogP contribution in [-0.2, 0) is 0 Å². The van der Waals surface area contributed by atoms with Crippen molar-refractivity contribution in [2.45, 2.75) is 4.90 Å². The lowest BCUT2D eigenvalue weighted by molar-refractivity contribution is 0.0734. The second-order valence-electron chi connectivity index (χ2n) is 4.20. The molecule has 2 aromatic rings. The minimum Gasteiger partial charge on any atom is -0.423 e. The van der Waals surface area contributed by atoms with Gasteiger partial charge in [0.15, 0.2) is 0 Å². The van der Waals surface area contributed by atoms with Gasteiger partial charge in [0.25, 0.3) is 9.05 Å². The van der Waals surface area contributed by atoms with E-state index in [1.165, 1.54) is 12.1 Å². The molecular formula is C13H9ClF4O2S. The van der Waals surface area contributed by atoms with Crippen LogP contribution in [0.3, 0.4) is 0 Å². The molecule has 0 atom stereocenters. The van der Waals surface area contributed by atoms with Crippen LogP contribution >= 0.6 is 19.7 Å². The minimum absolute atomic E-state index is 0.154. The monoisotopic (exact) mass is 340 g/mol. The molecule has 0 bridgehead atoms. The van der Waals surface area contributed by atoms with Crippen LogP contribution in [0.15, 0.2) is 59.5 Å². The van der Waals surface area contributed by atoms with Gasteiger partial charge >= 0.3 is 5.97 Å². The van der Waals surface area contributed by atoms with Crippen molar-refractivity contribution >= 4 is 25.7 Å². The lowest BCUT2D eigenvalue weighted by Crippen LogP contribution is -2.09. The summed E-state index contributed by atoms with van der Waals surface area (Å²) in [5.41, 5.74) is 0.154. The van der Waals surface area contributed by atoms with Gasteiger partial charge in [-0.15, -0.1) is 15.5 Å². The topological polar surface area (TPSA) is 26.3 Å². The fraction of sp³-hybridized carbons (Fsp3) is 0. The molecule has 0 aliphatic heterocycles. The molecule has 0 unspecified atom stereocenters. The average Bonchev–Trinajstić information content (AvgIpc) is 2.37. The maximum absolute atomic E-state index is 13.1. The van der Waals surface area contributed by atoms with Crippen LogP contribution < -0.4 is 4.74 Å². The van der Waals surface area contributed by atoms with Crippen LogP contribution in [-0.4, -0.2) is 5.97 Å². The summed E-state index contributed by atoms with van der Waals surface area (Å²) in [6, 6.07) is 10.5. The summed E-state index contributed by atoms with van der Waals surface area (Å²) < 4.78 is 57.1. The molecule has 0 amide bonds. The Morgan fingerprint density at radius 3 is 2.14 bits per heavy atom. The van der Waals surface area contributed by atoms with Crippen LogP contribution in [0.25, 0.3) is 0 Å². The number of esters is 1. The molecule has 0 aromatic heterocycles. The Labute approximate surface area is 122 Å². The number of carbonyl (C=O) groups is 1. The van der Waals surface area contributed by atoms with Gasteiger partial charge in [-0.3, -0.25) is 0 Å². The first kappa shape index (κ1) is 15.7. The first-order valence-corrected chi connectivity index (χ1v) is 8.45. The third-order valence-corrected chi connectivity index (χ3v) is 4.15. The van der Waals surface area contributed by atoms with Crippen LogP contribution in [0.4, 0.5) is 15.5 Å². The van der Waals surface area contributed by atoms with Gasteiger partial charge in [0.05, 0.1) is 10.5 Å². The van der Waals surface area contributed by atoms with Crippen LogP contribution in [0.5, 0.6) is 5.75 Å². The maximum Gasteiger partial charge on any atom is 0.343 e. The molecule has 2 aromatic carbocycles. The van der Waals surface area contributed by atoms with Crippen molar-refractivity contribution < 1.29 is 25.1 Å². The van der Waals surface area contributed by atoms with Crippen molar-refractivity contribution in [1.82, 2.24) is 0 Å². The summed E-state index contributed by atoms with van der Waals surface area (Å²) in [6.07, 6.45) is 0. The van der Waals surface area contributed by atoms with Gasteiger partial charge in [-0.2, -0.15) is 0 Å². The molecule has 0 radical (unpaired) electrons. The van der Waals surface area contributed by atoms with Crippen molar-refractivity contribution in [2.75, 3.05) is 0 Å². The van der Waals surface area contributed by atoms with Crippen molar-refractivity contribution in [3.8, 4) is 5.75 Å². The zero-order chi connectivity index (χ0) is 15.8. The SMILES string of the molecule is O=C(Oc1cccc(S(F)(F)(F)(F)Cl)c1)c1ccccc1. The molecule has 0 aliphatic carbocycles. The first-order chi connectivity index (χ1) is 9.45. The highest BCUT2D eigenvalue weighted by atomic mass is 35.7. The van der Waals surface area contributed by atoms with Gasteiger partial charge in [0, 0.05) is 16.7 Å². The highest BCUT2D eigenvalue weighted by Crippen LogP contribution is 3.04. The first-order valence-electron chi connectivity index (χ1n) is 5.57. The Morgan fingerprint density at radius 1 is 0.952 bits per heavy atom. The number of hydrogen-bond donors (Lipinski definition) is 0. The zero-order valence-corrected chi connectivity index (χ0v) is 11.9. The number of carbonyl (C=O) groups excluding carboxylic acids is 1. The van der Waals surface area contributed by atoms with Crippen molar-refractivity contribution in [1.29, 1.82) is 0 Å². The Kier molecular flexibility index (Phi) is 3.27. The normalized spacial score (nSPS) is 14.9. The van der Waals surface area contributed by atoms with E-state index in [1.807, 2.05) is 0 Å². The molecule has 0 spiro atoms. The van der Waals surface area contributed by atoms with Gasteiger partial charge in [0.2, 0.25) is 0 Å². The Bertz CT molecular complexity index is 686. The van der Waals surface area contributed by atoms with E-state index in [9.17, 15) is 20.3 Å². The average molecular weight is 341 g/mol. The summed E-state index contributed by atoms with van der Waals surface area (Å²) in [5.74, 6) is -1.30. The van der Waals surface area contributed by atoms with E-state index in [0.29, 0.717) is 12.1 Å². The highest BCUT2D eigenvalue weighted by Gasteiger charge is 2.63. The van der Waals surface area contributed by atoms with Crippen molar-refractivity contribution in [3.05, 3.63) is 60.2 Å². The number of ether oxygens (including phenoxy) is 1. The summed E-state index contributed by atoms with van der Waals surface area (Å²) in [6.45, 7) is 0. The molecule has 0 heterocycles. The van der Waals surface area contributed by atoms with E-state index in [2.05, 4.69) is 10.7 Å². The number of halogens is 5. The van der Waals surface area contributed by atoms with Gasteiger partial charge < -0.3 is 4.74 Å². The summed E-state index contributed by atoms with van der Waals surface area (Å²) >= 11 is 0. The van der Waals surface area contributed by atoms with E-state index >= 15 is 0 Å². The van der Waals surface area contributed by atoms with Crippen molar-refractivity contribution in [2.24, 2.45) is 0 Å². The van der Waals surface area contributed by atoms with Gasteiger partial charge in [-0.25, -0.2) is 4.79 Å². The summed E-state index contributed by atoms with van der Waals surface area (Å²) in [7, 11) is -4.62. The lowest BCUT2D eigenvalue weighted by Gasteiger charge is -2.42. The molecule has 0 saturated heterocycles. The second kappa shape index (κ2) is 4.38. The summed E-state index contributed by atoms with van der Waals surface area (Å²) in [4.78, 5) is 10.0. The maximum atomic E-state index is 13.1. The standard InChI is InChI=1S/C13H9ClF4O2S/c14-21(15,16,17,18)12-8-4-7-11(9-12)20-13(19)10-5-2-1-3-6-10/h1-9H. The quantitative estimate of drug-likeness (QED) is 0.399. The third-order valence-electron chi connectivity index (χ3n) is 2.47. The molecule has 2 rings (SSSR count). The fourth-order valence-electron chi connectivity index (χ4n) is 1.52. The van der Waals surface area contributed by atoms with E-state index in [4.69, 9.17) is 4.74 Å². The third kappa shape index (κ3) is 4.12. The second-order valence-corrected chi connectivity index (χ2v) is 8.47. The Hall–Kier alpha value is -1.73. The summed E-state index contributed by atoms with van der Waals surface area (Å²) in [5, 5.41) is 0. The largest absolute Gasteiger partial charge is 0.423 e. The highest BCUT2D eigenvalue weighted by molar-refractivity contribution is 8.65. The molecule has 21 heavy (non-hydrogen) atoms. The lowest BCUT2D eigenvalue weighted by atomic mass is 10.2. The molecule has 2 nitrogen and oxygen atoms in total. The molecule has 0 saturated carbocycles. The molecule has 0 fully saturated rings. The zero-order valence-electron chi connectivity index (χ0n) is 10.3.